The predicted octanol–water partition coefficient (Wildman–Crippen LogP) is 10.00. The Hall–Kier alpha value is -3.58. The molecule has 0 saturated carbocycles. The van der Waals surface area contributed by atoms with Gasteiger partial charge in [-0.05, 0) is 56.0 Å². The first-order valence-corrected chi connectivity index (χ1v) is 12.5. The van der Waals surface area contributed by atoms with E-state index in [-0.39, 0.29) is 10.8 Å². The number of nitrogens with one attached hydrogen (secondary N) is 1. The fourth-order valence-electron chi connectivity index (χ4n) is 4.92. The summed E-state index contributed by atoms with van der Waals surface area (Å²) in [4.78, 5) is 0. The second kappa shape index (κ2) is 8.57. The molecular formula is C34H35N. The van der Waals surface area contributed by atoms with Gasteiger partial charge in [-0.2, -0.15) is 0 Å². The minimum atomic E-state index is 0.102. The highest BCUT2D eigenvalue weighted by atomic mass is 14.9. The first kappa shape index (κ1) is 23.2. The number of fused-ring (bicyclic) bond motifs is 2. The van der Waals surface area contributed by atoms with Gasteiger partial charge in [-0.15, -0.1) is 0 Å². The summed E-state index contributed by atoms with van der Waals surface area (Å²) in [6.45, 7) is 13.6. The zero-order chi connectivity index (χ0) is 24.8. The molecule has 0 radical (unpaired) electrons. The van der Waals surface area contributed by atoms with Crippen LogP contribution >= 0.6 is 0 Å². The van der Waals surface area contributed by atoms with E-state index >= 15 is 0 Å². The smallest absolute Gasteiger partial charge is 0.0544 e. The molecule has 1 N–H and O–H groups in total. The summed E-state index contributed by atoms with van der Waals surface area (Å²) in [6.07, 6.45) is 0. The summed E-state index contributed by atoms with van der Waals surface area (Å²) in [5, 5.41) is 8.82. The Kier molecular flexibility index (Phi) is 5.68. The summed E-state index contributed by atoms with van der Waals surface area (Å²) >= 11 is 0. The van der Waals surface area contributed by atoms with Gasteiger partial charge in [-0.25, -0.2) is 0 Å². The van der Waals surface area contributed by atoms with Crippen molar-refractivity contribution in [1.82, 2.24) is 0 Å². The molecule has 0 bridgehead atoms. The highest BCUT2D eigenvalue weighted by Crippen LogP contribution is 2.43. The molecule has 0 aliphatic heterocycles. The van der Waals surface area contributed by atoms with Crippen molar-refractivity contribution in [3.8, 4) is 11.1 Å². The van der Waals surface area contributed by atoms with Crippen molar-refractivity contribution in [3.05, 3.63) is 108 Å². The molecule has 1 nitrogen and oxygen atoms in total. The Morgan fingerprint density at radius 3 is 1.51 bits per heavy atom. The van der Waals surface area contributed by atoms with Crippen LogP contribution in [0.5, 0.6) is 0 Å². The molecule has 5 aromatic rings. The average molecular weight is 458 g/mol. The van der Waals surface area contributed by atoms with Crippen LogP contribution in [0.4, 0.5) is 11.4 Å². The van der Waals surface area contributed by atoms with E-state index in [1.165, 1.54) is 43.8 Å². The van der Waals surface area contributed by atoms with Gasteiger partial charge >= 0.3 is 0 Å². The number of rotatable bonds is 3. The third-order valence-corrected chi connectivity index (χ3v) is 6.97. The molecule has 0 aliphatic rings. The maximum Gasteiger partial charge on any atom is 0.0544 e. The zero-order valence-electron chi connectivity index (χ0n) is 21.7. The van der Waals surface area contributed by atoms with E-state index in [4.69, 9.17) is 0 Å². The van der Waals surface area contributed by atoms with E-state index in [1.807, 2.05) is 0 Å². The largest absolute Gasteiger partial charge is 0.355 e. The SMILES string of the molecule is CC(C)(C)c1ccc(-c2c3ccccc3c(Nc3cccc(C(C)(C)C)c3)c3ccccc23)cc1. The summed E-state index contributed by atoms with van der Waals surface area (Å²) in [7, 11) is 0. The van der Waals surface area contributed by atoms with Gasteiger partial charge in [-0.3, -0.25) is 0 Å². The average Bonchev–Trinajstić information content (AvgIpc) is 2.83. The quantitative estimate of drug-likeness (QED) is 0.266. The molecule has 0 spiro atoms. The molecule has 0 heterocycles. The zero-order valence-corrected chi connectivity index (χ0v) is 21.7. The van der Waals surface area contributed by atoms with E-state index in [2.05, 4.69) is 144 Å². The van der Waals surface area contributed by atoms with Gasteiger partial charge in [-0.1, -0.05) is 126 Å². The molecule has 0 saturated heterocycles. The maximum atomic E-state index is 3.81. The van der Waals surface area contributed by atoms with Crippen LogP contribution in [-0.2, 0) is 10.8 Å². The van der Waals surface area contributed by atoms with Crippen molar-refractivity contribution >= 4 is 32.9 Å². The van der Waals surface area contributed by atoms with Gasteiger partial charge in [0.05, 0.1) is 5.69 Å². The van der Waals surface area contributed by atoms with Crippen molar-refractivity contribution in [3.63, 3.8) is 0 Å². The van der Waals surface area contributed by atoms with Crippen LogP contribution in [-0.4, -0.2) is 0 Å². The number of anilines is 2. The standard InChI is InChI=1S/C34H35N/c1-33(2,3)24-20-18-23(19-21-24)31-27-14-7-9-16-29(27)32(30-17-10-8-15-28(30)31)35-26-13-11-12-25(22-26)34(4,5)6/h7-22,35H,1-6H3. The predicted molar refractivity (Wildman–Crippen MR) is 154 cm³/mol. The van der Waals surface area contributed by atoms with Gasteiger partial charge in [0.2, 0.25) is 0 Å². The molecule has 1 heteroatoms. The summed E-state index contributed by atoms with van der Waals surface area (Å²) in [5.41, 5.74) is 7.76. The molecule has 5 rings (SSSR count). The molecule has 0 amide bonds. The summed E-state index contributed by atoms with van der Waals surface area (Å²) < 4.78 is 0. The summed E-state index contributed by atoms with van der Waals surface area (Å²) in [6, 6.07) is 35.5. The molecular weight excluding hydrogens is 422 g/mol. The van der Waals surface area contributed by atoms with Crippen LogP contribution < -0.4 is 5.32 Å². The third kappa shape index (κ3) is 4.44. The Morgan fingerprint density at radius 2 is 1.00 bits per heavy atom. The lowest BCUT2D eigenvalue weighted by Gasteiger charge is -2.22. The number of hydrogen-bond donors (Lipinski definition) is 1. The Labute approximate surface area is 209 Å². The second-order valence-electron chi connectivity index (χ2n) is 11.6. The minimum absolute atomic E-state index is 0.102. The van der Waals surface area contributed by atoms with Crippen LogP contribution in [0.15, 0.2) is 97.1 Å². The fourth-order valence-corrected chi connectivity index (χ4v) is 4.92. The van der Waals surface area contributed by atoms with Gasteiger partial charge in [0, 0.05) is 16.5 Å². The minimum Gasteiger partial charge on any atom is -0.355 e. The van der Waals surface area contributed by atoms with Crippen molar-refractivity contribution in [2.75, 3.05) is 5.32 Å². The number of benzene rings is 5. The first-order chi connectivity index (χ1) is 16.6. The lowest BCUT2D eigenvalue weighted by atomic mass is 9.85. The van der Waals surface area contributed by atoms with Crippen molar-refractivity contribution in [2.24, 2.45) is 0 Å². The van der Waals surface area contributed by atoms with Crippen molar-refractivity contribution in [1.29, 1.82) is 0 Å². The highest BCUT2D eigenvalue weighted by molar-refractivity contribution is 6.21. The molecule has 0 aliphatic carbocycles. The Bertz CT molecular complexity index is 1450. The van der Waals surface area contributed by atoms with E-state index < -0.39 is 0 Å². The molecule has 0 aromatic heterocycles. The Balaban J connectivity index is 1.74. The van der Waals surface area contributed by atoms with E-state index in [1.54, 1.807) is 0 Å². The van der Waals surface area contributed by atoms with Crippen LogP contribution in [0.2, 0.25) is 0 Å². The van der Waals surface area contributed by atoms with Gasteiger partial charge in [0.15, 0.2) is 0 Å². The molecule has 0 atom stereocenters. The third-order valence-electron chi connectivity index (χ3n) is 6.97. The highest BCUT2D eigenvalue weighted by Gasteiger charge is 2.18. The Morgan fingerprint density at radius 1 is 0.486 bits per heavy atom. The summed E-state index contributed by atoms with van der Waals surface area (Å²) in [5.74, 6) is 0. The normalized spacial score (nSPS) is 12.3. The van der Waals surface area contributed by atoms with Crippen LogP contribution in [0.3, 0.4) is 0 Å². The van der Waals surface area contributed by atoms with E-state index in [0.717, 1.165) is 11.4 Å². The first-order valence-electron chi connectivity index (χ1n) is 12.5. The van der Waals surface area contributed by atoms with Crippen LogP contribution in [0.25, 0.3) is 32.7 Å². The number of hydrogen-bond acceptors (Lipinski definition) is 1. The lowest BCUT2D eigenvalue weighted by Crippen LogP contribution is -2.11. The van der Waals surface area contributed by atoms with Gasteiger partial charge in [0.25, 0.3) is 0 Å². The molecule has 0 unspecified atom stereocenters. The van der Waals surface area contributed by atoms with Crippen LogP contribution in [0.1, 0.15) is 52.7 Å². The maximum absolute atomic E-state index is 3.81. The fraction of sp³-hybridized carbons (Fsp3) is 0.235. The topological polar surface area (TPSA) is 12.0 Å². The molecule has 176 valence electrons. The van der Waals surface area contributed by atoms with E-state index in [0.29, 0.717) is 0 Å². The molecule has 5 aromatic carbocycles. The second-order valence-corrected chi connectivity index (χ2v) is 11.6. The van der Waals surface area contributed by atoms with Crippen molar-refractivity contribution in [2.45, 2.75) is 52.4 Å². The van der Waals surface area contributed by atoms with Gasteiger partial charge in [0.1, 0.15) is 0 Å². The van der Waals surface area contributed by atoms with Gasteiger partial charge < -0.3 is 5.32 Å². The van der Waals surface area contributed by atoms with E-state index in [9.17, 15) is 0 Å². The molecule has 35 heavy (non-hydrogen) atoms. The monoisotopic (exact) mass is 457 g/mol. The molecule has 0 fully saturated rings. The van der Waals surface area contributed by atoms with Crippen LogP contribution in [0, 0.1) is 0 Å². The van der Waals surface area contributed by atoms with Crippen molar-refractivity contribution < 1.29 is 0 Å². The lowest BCUT2D eigenvalue weighted by molar-refractivity contribution is 0.590.